The van der Waals surface area contributed by atoms with Crippen LogP contribution in [0.5, 0.6) is 0 Å². The highest BCUT2D eigenvalue weighted by Crippen LogP contribution is 2.25. The standard InChI is InChI=1S/C19H22O3/c1-21-18(15-9-5-3-6-10-15)13-17(20)14-19(22-2)16-11-7-4-8-12-16/h3-12,18-19H,13-14H2,1-2H3. The number of hydrogen-bond acceptors (Lipinski definition) is 3. The lowest BCUT2D eigenvalue weighted by Gasteiger charge is -2.18. The summed E-state index contributed by atoms with van der Waals surface area (Å²) in [5.41, 5.74) is 2.04. The monoisotopic (exact) mass is 298 g/mol. The predicted molar refractivity (Wildman–Crippen MR) is 86.6 cm³/mol. The summed E-state index contributed by atoms with van der Waals surface area (Å²) in [7, 11) is 3.27. The summed E-state index contributed by atoms with van der Waals surface area (Å²) in [6.45, 7) is 0. The van der Waals surface area contributed by atoms with Crippen molar-refractivity contribution < 1.29 is 14.3 Å². The predicted octanol–water partition coefficient (Wildman–Crippen LogP) is 4.11. The van der Waals surface area contributed by atoms with Gasteiger partial charge in [0.1, 0.15) is 5.78 Å². The van der Waals surface area contributed by atoms with E-state index in [1.807, 2.05) is 60.7 Å². The zero-order valence-corrected chi connectivity index (χ0v) is 13.1. The van der Waals surface area contributed by atoms with Crippen LogP contribution < -0.4 is 0 Å². The van der Waals surface area contributed by atoms with Crippen molar-refractivity contribution in [2.75, 3.05) is 14.2 Å². The van der Waals surface area contributed by atoms with Gasteiger partial charge in [-0.2, -0.15) is 0 Å². The second-order valence-electron chi connectivity index (χ2n) is 5.22. The number of carbonyl (C=O) groups is 1. The summed E-state index contributed by atoms with van der Waals surface area (Å²) in [4.78, 5) is 12.4. The quantitative estimate of drug-likeness (QED) is 0.735. The van der Waals surface area contributed by atoms with Gasteiger partial charge in [-0.1, -0.05) is 60.7 Å². The molecule has 0 bridgehead atoms. The zero-order chi connectivity index (χ0) is 15.8. The van der Waals surface area contributed by atoms with Crippen molar-refractivity contribution in [1.29, 1.82) is 0 Å². The lowest BCUT2D eigenvalue weighted by molar-refractivity contribution is -0.124. The first-order valence-electron chi connectivity index (χ1n) is 7.41. The Morgan fingerprint density at radius 3 is 1.45 bits per heavy atom. The van der Waals surface area contributed by atoms with E-state index in [9.17, 15) is 4.79 Å². The number of Topliss-reactive ketones (excluding diaryl/α,β-unsaturated/α-hetero) is 1. The summed E-state index contributed by atoms with van der Waals surface area (Å²) in [5.74, 6) is 0.131. The van der Waals surface area contributed by atoms with Gasteiger partial charge in [0.05, 0.1) is 12.2 Å². The molecule has 0 heterocycles. The Kier molecular flexibility index (Phi) is 6.31. The number of carbonyl (C=O) groups excluding carboxylic acids is 1. The van der Waals surface area contributed by atoms with Gasteiger partial charge in [0, 0.05) is 27.1 Å². The summed E-state index contributed by atoms with van der Waals surface area (Å²) >= 11 is 0. The molecule has 2 unspecified atom stereocenters. The highest BCUT2D eigenvalue weighted by atomic mass is 16.5. The molecule has 3 heteroatoms. The third kappa shape index (κ3) is 4.52. The number of rotatable bonds is 8. The minimum Gasteiger partial charge on any atom is -0.376 e. The maximum atomic E-state index is 12.4. The Morgan fingerprint density at radius 2 is 1.14 bits per heavy atom. The normalized spacial score (nSPS) is 13.5. The zero-order valence-electron chi connectivity index (χ0n) is 13.1. The average Bonchev–Trinajstić information content (AvgIpc) is 2.59. The number of benzene rings is 2. The average molecular weight is 298 g/mol. The molecule has 0 radical (unpaired) electrons. The minimum atomic E-state index is -0.207. The van der Waals surface area contributed by atoms with E-state index in [1.165, 1.54) is 0 Å². The molecule has 0 saturated heterocycles. The SMILES string of the molecule is COC(CC(=O)CC(OC)c1ccccc1)c1ccccc1. The lowest BCUT2D eigenvalue weighted by atomic mass is 9.98. The van der Waals surface area contributed by atoms with Crippen LogP contribution >= 0.6 is 0 Å². The van der Waals surface area contributed by atoms with Gasteiger partial charge in [-0.25, -0.2) is 0 Å². The first kappa shape index (κ1) is 16.4. The molecule has 22 heavy (non-hydrogen) atoms. The van der Waals surface area contributed by atoms with E-state index >= 15 is 0 Å². The highest BCUT2D eigenvalue weighted by molar-refractivity contribution is 5.79. The second-order valence-corrected chi connectivity index (χ2v) is 5.22. The molecule has 0 aromatic heterocycles. The summed E-state index contributed by atoms with van der Waals surface area (Å²) in [6, 6.07) is 19.6. The van der Waals surface area contributed by atoms with Crippen molar-refractivity contribution in [2.24, 2.45) is 0 Å². The Hall–Kier alpha value is -1.97. The summed E-state index contributed by atoms with van der Waals surface area (Å²) in [5, 5.41) is 0. The van der Waals surface area contributed by atoms with Gasteiger partial charge in [-0.3, -0.25) is 4.79 Å². The molecule has 3 nitrogen and oxygen atoms in total. The summed E-state index contributed by atoms with van der Waals surface area (Å²) < 4.78 is 10.9. The smallest absolute Gasteiger partial charge is 0.138 e. The molecule has 2 aromatic carbocycles. The van der Waals surface area contributed by atoms with E-state index in [0.717, 1.165) is 11.1 Å². The van der Waals surface area contributed by atoms with Crippen molar-refractivity contribution in [3.05, 3.63) is 71.8 Å². The number of hydrogen-bond donors (Lipinski definition) is 0. The van der Waals surface area contributed by atoms with Crippen LogP contribution in [0.1, 0.15) is 36.2 Å². The van der Waals surface area contributed by atoms with Crippen molar-refractivity contribution >= 4 is 5.78 Å². The molecule has 2 aromatic rings. The fourth-order valence-corrected chi connectivity index (χ4v) is 2.51. The van der Waals surface area contributed by atoms with Crippen LogP contribution in [0.2, 0.25) is 0 Å². The molecule has 116 valence electrons. The Balaban J connectivity index is 1.99. The third-order valence-electron chi connectivity index (χ3n) is 3.74. The maximum Gasteiger partial charge on any atom is 0.138 e. The van der Waals surface area contributed by atoms with E-state index in [4.69, 9.17) is 9.47 Å². The van der Waals surface area contributed by atoms with Gasteiger partial charge in [-0.05, 0) is 11.1 Å². The van der Waals surface area contributed by atoms with Gasteiger partial charge in [0.2, 0.25) is 0 Å². The first-order chi connectivity index (χ1) is 10.7. The topological polar surface area (TPSA) is 35.5 Å². The van der Waals surface area contributed by atoms with Gasteiger partial charge < -0.3 is 9.47 Å². The van der Waals surface area contributed by atoms with Crippen LogP contribution in [-0.4, -0.2) is 20.0 Å². The molecule has 0 N–H and O–H groups in total. The molecule has 0 fully saturated rings. The number of methoxy groups -OCH3 is 2. The van der Waals surface area contributed by atoms with Crippen molar-refractivity contribution in [2.45, 2.75) is 25.0 Å². The lowest BCUT2D eigenvalue weighted by Crippen LogP contribution is -2.13. The Bertz CT molecular complexity index is 514. The number of ether oxygens (including phenoxy) is 2. The van der Waals surface area contributed by atoms with Crippen molar-refractivity contribution in [3.8, 4) is 0 Å². The van der Waals surface area contributed by atoms with Crippen LogP contribution in [0.3, 0.4) is 0 Å². The molecule has 0 aliphatic carbocycles. The van der Waals surface area contributed by atoms with Crippen LogP contribution in [0.25, 0.3) is 0 Å². The van der Waals surface area contributed by atoms with E-state index in [0.29, 0.717) is 12.8 Å². The highest BCUT2D eigenvalue weighted by Gasteiger charge is 2.20. The minimum absolute atomic E-state index is 0.131. The van der Waals surface area contributed by atoms with Crippen molar-refractivity contribution in [1.82, 2.24) is 0 Å². The second kappa shape index (κ2) is 8.47. The first-order valence-corrected chi connectivity index (χ1v) is 7.41. The molecular formula is C19H22O3. The fourth-order valence-electron chi connectivity index (χ4n) is 2.51. The van der Waals surface area contributed by atoms with Gasteiger partial charge in [-0.15, -0.1) is 0 Å². The Labute approximate surface area is 131 Å². The maximum absolute atomic E-state index is 12.4. The van der Waals surface area contributed by atoms with E-state index in [2.05, 4.69) is 0 Å². The van der Waals surface area contributed by atoms with E-state index in [1.54, 1.807) is 14.2 Å². The molecule has 0 aliphatic heterocycles. The summed E-state index contributed by atoms with van der Waals surface area (Å²) in [6.07, 6.45) is 0.296. The van der Waals surface area contributed by atoms with E-state index in [-0.39, 0.29) is 18.0 Å². The largest absolute Gasteiger partial charge is 0.376 e. The molecule has 0 saturated carbocycles. The van der Waals surface area contributed by atoms with Gasteiger partial charge in [0.15, 0.2) is 0 Å². The Morgan fingerprint density at radius 1 is 0.773 bits per heavy atom. The molecule has 2 rings (SSSR count). The molecule has 0 amide bonds. The molecule has 0 aliphatic rings. The molecule has 2 atom stereocenters. The third-order valence-corrected chi connectivity index (χ3v) is 3.74. The van der Waals surface area contributed by atoms with Crippen LogP contribution in [0, 0.1) is 0 Å². The fraction of sp³-hybridized carbons (Fsp3) is 0.316. The van der Waals surface area contributed by atoms with Crippen molar-refractivity contribution in [3.63, 3.8) is 0 Å². The van der Waals surface area contributed by atoms with Gasteiger partial charge >= 0.3 is 0 Å². The molecular weight excluding hydrogens is 276 g/mol. The number of ketones is 1. The van der Waals surface area contributed by atoms with Crippen LogP contribution in [0.15, 0.2) is 60.7 Å². The van der Waals surface area contributed by atoms with Gasteiger partial charge in [0.25, 0.3) is 0 Å². The molecule has 0 spiro atoms. The van der Waals surface area contributed by atoms with Crippen LogP contribution in [0.4, 0.5) is 0 Å². The van der Waals surface area contributed by atoms with Crippen LogP contribution in [-0.2, 0) is 14.3 Å². The van der Waals surface area contributed by atoms with E-state index < -0.39 is 0 Å².